The Labute approximate surface area is 482 Å². The molecular weight excluding hydrogens is 1180 g/mol. The van der Waals surface area contributed by atoms with E-state index in [2.05, 4.69) is 11.5 Å². The van der Waals surface area contributed by atoms with Gasteiger partial charge >= 0.3 is 36.2 Å². The third-order valence-corrected chi connectivity index (χ3v) is 12.2. The minimum absolute atomic E-state index is 0. The standard InChI is InChI=1S/C20H18O8.C14H15F5N2O.C14H13F5N2O.C7H5NO4.ClH/c1-11-3-7-13(8-4-11)19(25)27-15(17(21)22)16(18(23)24)28-20(26)14-9-5-12(2)6-10-14;2*15-10-3-1-2-9(12(10)16)8-4-5-11(20)13(22)21(6-8)7-14(17,18)19;9-4-5-3-6(8(11)12)1-2-7(5)10;/h3-10,15-16H,1-2H3,(H,21,22)(H,23,24);1-3,8,11H,4-7,20H2;1-4,11H,5-7,20H2;1-4,10H;1H/p+1/t;8-,11-;11-;;/m.10../s1. The number of alkyl halides is 6. The van der Waals surface area contributed by atoms with Crippen LogP contribution in [0, 0.1) is 47.2 Å². The molecule has 85 heavy (non-hydrogen) atoms. The number of aromatic hydroxyl groups is 1. The summed E-state index contributed by atoms with van der Waals surface area (Å²) in [7, 11) is 0. The molecule has 5 atom stereocenters. The first kappa shape index (κ1) is 70.3. The van der Waals surface area contributed by atoms with Crippen LogP contribution in [0.2, 0.25) is 0 Å². The number of halogens is 11. The van der Waals surface area contributed by atoms with Gasteiger partial charge in [0.05, 0.1) is 21.6 Å². The fourth-order valence-corrected chi connectivity index (χ4v) is 7.95. The Balaban J connectivity index is 0.000000305. The third kappa shape index (κ3) is 21.0. The number of carboxylic acids is 2. The Kier molecular flexibility index (Phi) is 25.7. The van der Waals surface area contributed by atoms with Gasteiger partial charge in [0.25, 0.3) is 17.5 Å². The van der Waals surface area contributed by atoms with Crippen molar-refractivity contribution in [1.82, 2.24) is 9.80 Å². The number of phenolic OH excluding ortho intramolecular Hbond substituents is 1. The number of likely N-dealkylation sites (tertiary alicyclic amines) is 1. The number of nitro groups is 1. The van der Waals surface area contributed by atoms with Gasteiger partial charge in [-0.2, -0.15) is 26.3 Å². The van der Waals surface area contributed by atoms with E-state index < -0.39 is 126 Å². The molecule has 0 spiro atoms. The van der Waals surface area contributed by atoms with Gasteiger partial charge < -0.3 is 58.5 Å². The molecule has 0 saturated carbocycles. The lowest BCUT2D eigenvalue weighted by atomic mass is 9.93. The summed E-state index contributed by atoms with van der Waals surface area (Å²) in [4.78, 5) is 92.2. The second kappa shape index (κ2) is 31.1. The molecule has 2 aliphatic heterocycles. The van der Waals surface area contributed by atoms with E-state index in [1.165, 1.54) is 54.6 Å². The molecule has 0 aromatic heterocycles. The molecular formula is C55H53ClF10N5O14+. The summed E-state index contributed by atoms with van der Waals surface area (Å²) in [5.74, 6) is -12.4. The number of aryl methyl sites for hydroxylation is 2. The van der Waals surface area contributed by atoms with Crippen molar-refractivity contribution in [1.29, 1.82) is 0 Å². The second-order valence-corrected chi connectivity index (χ2v) is 18.7. The summed E-state index contributed by atoms with van der Waals surface area (Å²) in [6.07, 6.45) is -11.2. The van der Waals surface area contributed by atoms with Crippen molar-refractivity contribution >= 4 is 53.2 Å². The molecule has 30 heteroatoms. The number of phenols is 1. The first-order valence-corrected chi connectivity index (χ1v) is 24.6. The van der Waals surface area contributed by atoms with E-state index in [0.717, 1.165) is 41.5 Å². The van der Waals surface area contributed by atoms with Crippen molar-refractivity contribution in [3.8, 4) is 5.75 Å². The Morgan fingerprint density at radius 2 is 1.18 bits per heavy atom. The molecule has 7 rings (SSSR count). The maximum atomic E-state index is 13.9. The highest BCUT2D eigenvalue weighted by atomic mass is 35.5. The number of benzene rings is 5. The quantitative estimate of drug-likeness (QED) is 0.0367. The summed E-state index contributed by atoms with van der Waals surface area (Å²) >= 11 is 0. The van der Waals surface area contributed by atoms with Crippen LogP contribution in [0.4, 0.5) is 49.6 Å². The molecule has 2 amide bonds. The molecule has 19 nitrogen and oxygen atoms in total. The van der Waals surface area contributed by atoms with Crippen molar-refractivity contribution in [2.75, 3.05) is 26.2 Å². The summed E-state index contributed by atoms with van der Waals surface area (Å²) in [6, 6.07) is 20.6. The minimum atomic E-state index is -4.58. The first-order chi connectivity index (χ1) is 39.2. The molecule has 5 aromatic rings. The number of non-ortho nitro benzene ring substituents is 1. The van der Waals surface area contributed by atoms with Gasteiger partial charge in [0.1, 0.15) is 18.8 Å². The predicted molar refractivity (Wildman–Crippen MR) is 272 cm³/mol. The van der Waals surface area contributed by atoms with E-state index >= 15 is 0 Å². The Morgan fingerprint density at radius 1 is 0.706 bits per heavy atom. The van der Waals surface area contributed by atoms with Crippen molar-refractivity contribution < 1.29 is 131 Å². The van der Waals surface area contributed by atoms with E-state index in [0.29, 0.717) is 16.1 Å². The van der Waals surface area contributed by atoms with Gasteiger partial charge in [0, 0.05) is 49.5 Å². The molecule has 0 aliphatic carbocycles. The fourth-order valence-electron chi connectivity index (χ4n) is 7.95. The maximum Gasteiger partial charge on any atom is 0.406 e. The zero-order valence-electron chi connectivity index (χ0n) is 44.6. The molecule has 458 valence electrons. The highest BCUT2D eigenvalue weighted by molar-refractivity contribution is 5.95. The lowest BCUT2D eigenvalue weighted by Gasteiger charge is -2.26. The van der Waals surface area contributed by atoms with E-state index in [9.17, 15) is 97.8 Å². The molecule has 2 heterocycles. The van der Waals surface area contributed by atoms with Crippen LogP contribution < -0.4 is 23.9 Å². The number of carbonyl (C=O) groups excluding carboxylic acids is 5. The van der Waals surface area contributed by atoms with E-state index in [1.54, 1.807) is 38.1 Å². The fraction of sp³-hybridized carbons (Fsp3) is 0.291. The lowest BCUT2D eigenvalue weighted by molar-refractivity contribution is -0.406. The number of rotatable bonds is 13. The molecule has 2 unspecified atom stereocenters. The van der Waals surface area contributed by atoms with Crippen molar-refractivity contribution in [3.63, 3.8) is 0 Å². The van der Waals surface area contributed by atoms with Crippen LogP contribution in [0.1, 0.15) is 78.5 Å². The summed E-state index contributed by atoms with van der Waals surface area (Å²) in [5.41, 5.74) is 8.57. The molecule has 2 aliphatic rings. The number of ether oxygens (including phenoxy) is 2. The topological polar surface area (TPSA) is 304 Å². The number of quaternary nitrogens is 2. The Morgan fingerprint density at radius 3 is 1.65 bits per heavy atom. The largest absolute Gasteiger partial charge is 1.00 e. The molecule has 5 aromatic carbocycles. The van der Waals surface area contributed by atoms with E-state index in [1.807, 2.05) is 0 Å². The highest BCUT2D eigenvalue weighted by Gasteiger charge is 2.42. The zero-order valence-corrected chi connectivity index (χ0v) is 45.3. The number of esters is 2. The normalized spacial score (nSPS) is 16.7. The van der Waals surface area contributed by atoms with Gasteiger partial charge in [-0.05, 0) is 73.9 Å². The molecule has 9 N–H and O–H groups in total. The summed E-state index contributed by atoms with van der Waals surface area (Å²) in [5, 5.41) is 37.8. The maximum absolute atomic E-state index is 13.9. The minimum Gasteiger partial charge on any atom is -1.00 e. The molecule has 1 saturated heterocycles. The van der Waals surface area contributed by atoms with Crippen molar-refractivity contribution in [2.24, 2.45) is 0 Å². The van der Waals surface area contributed by atoms with Crippen LogP contribution in [0.25, 0.3) is 5.57 Å². The van der Waals surface area contributed by atoms with Gasteiger partial charge in [-0.25, -0.2) is 36.7 Å². The second-order valence-electron chi connectivity index (χ2n) is 18.7. The van der Waals surface area contributed by atoms with Crippen molar-refractivity contribution in [2.45, 2.75) is 75.7 Å². The number of hydrogen-bond donors (Lipinski definition) is 5. The van der Waals surface area contributed by atoms with Crippen LogP contribution in [0.3, 0.4) is 0 Å². The van der Waals surface area contributed by atoms with Gasteiger partial charge in [-0.15, -0.1) is 0 Å². The Hall–Kier alpha value is -8.96. The monoisotopic (exact) mass is 1230 g/mol. The third-order valence-electron chi connectivity index (χ3n) is 12.2. The van der Waals surface area contributed by atoms with Crippen LogP contribution in [0.5, 0.6) is 5.75 Å². The SMILES string of the molecule is Cc1ccc(C(=O)OC(C(=O)O)C(OC(=O)c2ccc(C)cc2)C(=O)O)cc1.O=Cc1cc([N+](=O)[O-])ccc1O.[Cl-].[NH3+][C@@H]1CC[C@@H](c2cccc(F)c2F)CN(CC(F)(F)F)C1=O.[NH3+][C@H]1CC=C(c2cccc(F)c2F)CN(CC(F)(F)F)C1=O. The van der Waals surface area contributed by atoms with E-state index in [4.69, 9.17) is 14.6 Å². The van der Waals surface area contributed by atoms with Crippen LogP contribution in [0.15, 0.2) is 109 Å². The van der Waals surface area contributed by atoms with Crippen LogP contribution in [-0.2, 0) is 28.7 Å². The first-order valence-electron chi connectivity index (χ1n) is 24.6. The molecule has 0 radical (unpaired) electrons. The number of aldehydes is 1. The van der Waals surface area contributed by atoms with Crippen molar-refractivity contribution in [3.05, 3.63) is 182 Å². The summed E-state index contributed by atoms with van der Waals surface area (Å²) < 4.78 is 139. The number of nitrogens with zero attached hydrogens (tertiary/aromatic N) is 3. The summed E-state index contributed by atoms with van der Waals surface area (Å²) in [6.45, 7) is -0.0206. The number of carbonyl (C=O) groups is 7. The number of carboxylic acid groups (broad SMARTS) is 2. The average molecular weight is 1230 g/mol. The molecule has 1 fully saturated rings. The lowest BCUT2D eigenvalue weighted by Crippen LogP contribution is -3.00. The highest BCUT2D eigenvalue weighted by Crippen LogP contribution is 2.32. The van der Waals surface area contributed by atoms with Gasteiger partial charge in [-0.3, -0.25) is 24.5 Å². The van der Waals surface area contributed by atoms with Gasteiger partial charge in [-0.1, -0.05) is 65.7 Å². The van der Waals surface area contributed by atoms with Gasteiger partial charge in [0.2, 0.25) is 12.2 Å². The van der Waals surface area contributed by atoms with Crippen LogP contribution in [-0.4, -0.2) is 135 Å². The smallest absolute Gasteiger partial charge is 0.406 e. The zero-order chi connectivity index (χ0) is 63.0. The van der Waals surface area contributed by atoms with E-state index in [-0.39, 0.29) is 83.0 Å². The number of amides is 2. The number of hydrogen-bond acceptors (Lipinski definition) is 12. The predicted octanol–water partition coefficient (Wildman–Crippen LogP) is 3.94. The van der Waals surface area contributed by atoms with Crippen LogP contribution >= 0.6 is 0 Å². The number of aliphatic carboxylic acids is 2. The molecule has 0 bridgehead atoms. The Bertz CT molecular complexity index is 3170. The number of nitro benzene ring substituents is 1. The average Bonchev–Trinajstić information content (AvgIpc) is 3.68. The van der Waals surface area contributed by atoms with Gasteiger partial charge in [0.15, 0.2) is 41.6 Å².